The lowest BCUT2D eigenvalue weighted by Crippen LogP contribution is -2.29. The zero-order chi connectivity index (χ0) is 19.1. The Kier molecular flexibility index (Phi) is 7.07. The summed E-state index contributed by atoms with van der Waals surface area (Å²) in [5.74, 6) is -1.13. The molecule has 9 heteroatoms. The molecule has 0 aliphatic rings. The highest BCUT2D eigenvalue weighted by Gasteiger charge is 2.24. The highest BCUT2D eigenvalue weighted by molar-refractivity contribution is 7.13. The van der Waals surface area contributed by atoms with E-state index in [-0.39, 0.29) is 35.2 Å². The van der Waals surface area contributed by atoms with Crippen LogP contribution in [0.25, 0.3) is 0 Å². The van der Waals surface area contributed by atoms with Gasteiger partial charge in [0.1, 0.15) is 22.6 Å². The third kappa shape index (κ3) is 5.51. The second kappa shape index (κ2) is 9.27. The first kappa shape index (κ1) is 19.8. The smallest absolute Gasteiger partial charge is 0.407 e. The second-order valence-electron chi connectivity index (χ2n) is 5.56. The van der Waals surface area contributed by atoms with Gasteiger partial charge in [0.15, 0.2) is 0 Å². The number of carboxylic acids is 1. The predicted octanol–water partition coefficient (Wildman–Crippen LogP) is 1.86. The molecule has 1 heterocycles. The summed E-state index contributed by atoms with van der Waals surface area (Å²) in [5, 5.41) is 31.7. The molecule has 0 aliphatic heterocycles. The van der Waals surface area contributed by atoms with Crippen molar-refractivity contribution in [1.29, 1.82) is 0 Å². The number of aliphatic hydroxyl groups excluding tert-OH is 2. The molecule has 0 aliphatic carbocycles. The van der Waals surface area contributed by atoms with Gasteiger partial charge in [-0.2, -0.15) is 0 Å². The first-order valence-electron chi connectivity index (χ1n) is 7.89. The van der Waals surface area contributed by atoms with Crippen LogP contribution in [0.1, 0.15) is 38.5 Å². The van der Waals surface area contributed by atoms with Gasteiger partial charge >= 0.3 is 12.1 Å². The zero-order valence-electron chi connectivity index (χ0n) is 14.1. The Labute approximate surface area is 154 Å². The van der Waals surface area contributed by atoms with E-state index in [0.29, 0.717) is 0 Å². The van der Waals surface area contributed by atoms with E-state index < -0.39 is 24.3 Å². The lowest BCUT2D eigenvalue weighted by Gasteiger charge is -2.16. The van der Waals surface area contributed by atoms with E-state index in [1.54, 1.807) is 0 Å². The Morgan fingerprint density at radius 1 is 1.27 bits per heavy atom. The third-order valence-corrected chi connectivity index (χ3v) is 4.76. The van der Waals surface area contributed by atoms with Crippen molar-refractivity contribution in [1.82, 2.24) is 10.3 Å². The minimum atomic E-state index is -1.33. The summed E-state index contributed by atoms with van der Waals surface area (Å²) in [6.07, 6.45) is -3.10. The number of carbonyl (C=O) groups excluding carboxylic acids is 1. The van der Waals surface area contributed by atoms with Gasteiger partial charge in [0.25, 0.3) is 0 Å². The summed E-state index contributed by atoms with van der Waals surface area (Å²) in [5.41, 5.74) is 1.14. The number of carbonyl (C=O) groups is 2. The number of benzene rings is 1. The van der Waals surface area contributed by atoms with Gasteiger partial charge in [-0.1, -0.05) is 30.3 Å². The van der Waals surface area contributed by atoms with Gasteiger partial charge in [-0.3, -0.25) is 0 Å². The molecule has 26 heavy (non-hydrogen) atoms. The fourth-order valence-electron chi connectivity index (χ4n) is 2.16. The monoisotopic (exact) mass is 380 g/mol. The van der Waals surface area contributed by atoms with Crippen LogP contribution in [0, 0.1) is 6.92 Å². The highest BCUT2D eigenvalue weighted by atomic mass is 32.1. The van der Waals surface area contributed by atoms with Gasteiger partial charge in [0.2, 0.25) is 0 Å². The van der Waals surface area contributed by atoms with Crippen molar-refractivity contribution in [2.75, 3.05) is 6.54 Å². The molecule has 1 aromatic heterocycles. The van der Waals surface area contributed by atoms with Crippen molar-refractivity contribution in [2.45, 2.75) is 32.2 Å². The van der Waals surface area contributed by atoms with Crippen LogP contribution in [0.15, 0.2) is 30.3 Å². The normalized spacial score (nSPS) is 13.0. The molecule has 0 fully saturated rings. The van der Waals surface area contributed by atoms with Crippen LogP contribution in [0.5, 0.6) is 0 Å². The van der Waals surface area contributed by atoms with Crippen LogP contribution < -0.4 is 5.32 Å². The molecular weight excluding hydrogens is 360 g/mol. The van der Waals surface area contributed by atoms with Crippen LogP contribution in [-0.4, -0.2) is 45.0 Å². The standard InChI is InChI=1S/C17H20N2O6S/c1-10-14(16(22)23)26-15(19-10)13(21)12(20)7-8-18-17(24)25-9-11-5-3-2-4-6-11/h2-6,12-13,20-21H,7-9H2,1H3,(H,18,24)(H,22,23). The van der Waals surface area contributed by atoms with E-state index in [1.807, 2.05) is 30.3 Å². The Morgan fingerprint density at radius 3 is 2.58 bits per heavy atom. The molecule has 8 nitrogen and oxygen atoms in total. The van der Waals surface area contributed by atoms with E-state index >= 15 is 0 Å². The first-order valence-corrected chi connectivity index (χ1v) is 8.71. The van der Waals surface area contributed by atoms with Gasteiger partial charge in [-0.05, 0) is 18.9 Å². The number of aromatic carboxylic acids is 1. The van der Waals surface area contributed by atoms with E-state index in [4.69, 9.17) is 9.84 Å². The number of thiazole rings is 1. The lowest BCUT2D eigenvalue weighted by atomic mass is 10.1. The lowest BCUT2D eigenvalue weighted by molar-refractivity contribution is 0.0134. The number of nitrogens with one attached hydrogen (secondary N) is 1. The highest BCUT2D eigenvalue weighted by Crippen LogP contribution is 2.26. The first-order chi connectivity index (χ1) is 12.4. The van der Waals surface area contributed by atoms with Crippen molar-refractivity contribution in [3.63, 3.8) is 0 Å². The summed E-state index contributed by atoms with van der Waals surface area (Å²) in [4.78, 5) is 26.6. The maximum Gasteiger partial charge on any atom is 0.407 e. The number of aryl methyl sites for hydroxylation is 1. The number of carboxylic acid groups (broad SMARTS) is 1. The number of nitrogens with zero attached hydrogens (tertiary/aromatic N) is 1. The minimum absolute atomic E-state index is 0.0221. The zero-order valence-corrected chi connectivity index (χ0v) is 14.9. The molecule has 0 bridgehead atoms. The fraction of sp³-hybridized carbons (Fsp3) is 0.353. The van der Waals surface area contributed by atoms with Crippen LogP contribution >= 0.6 is 11.3 Å². The van der Waals surface area contributed by atoms with Crippen molar-refractivity contribution in [3.8, 4) is 0 Å². The Morgan fingerprint density at radius 2 is 1.96 bits per heavy atom. The molecular formula is C17H20N2O6S. The van der Waals surface area contributed by atoms with Crippen LogP contribution in [0.3, 0.4) is 0 Å². The van der Waals surface area contributed by atoms with E-state index in [1.165, 1.54) is 6.92 Å². The quantitative estimate of drug-likeness (QED) is 0.550. The predicted molar refractivity (Wildman–Crippen MR) is 94.0 cm³/mol. The van der Waals surface area contributed by atoms with Crippen LogP contribution in [-0.2, 0) is 11.3 Å². The Hall–Kier alpha value is -2.49. The SMILES string of the molecule is Cc1nc(C(O)C(O)CCNC(=O)OCc2ccccc2)sc1C(=O)O. The van der Waals surface area contributed by atoms with Gasteiger partial charge in [0, 0.05) is 6.54 Å². The third-order valence-electron chi connectivity index (χ3n) is 3.55. The molecule has 0 saturated heterocycles. The summed E-state index contributed by atoms with van der Waals surface area (Å²) in [7, 11) is 0. The average Bonchev–Trinajstić information content (AvgIpc) is 3.02. The van der Waals surface area contributed by atoms with Gasteiger partial charge in [0.05, 0.1) is 11.8 Å². The summed E-state index contributed by atoms with van der Waals surface area (Å²) < 4.78 is 5.03. The van der Waals surface area contributed by atoms with E-state index in [2.05, 4.69) is 10.3 Å². The molecule has 2 unspecified atom stereocenters. The number of rotatable bonds is 8. The van der Waals surface area contributed by atoms with Gasteiger partial charge in [-0.15, -0.1) is 11.3 Å². The van der Waals surface area contributed by atoms with Crippen molar-refractivity contribution in [2.24, 2.45) is 0 Å². The molecule has 2 rings (SSSR count). The largest absolute Gasteiger partial charge is 0.477 e. The summed E-state index contributed by atoms with van der Waals surface area (Å²) >= 11 is 0.817. The molecule has 140 valence electrons. The summed E-state index contributed by atoms with van der Waals surface area (Å²) in [6.45, 7) is 1.74. The Balaban J connectivity index is 1.75. The number of aliphatic hydroxyl groups is 2. The van der Waals surface area contributed by atoms with Crippen LogP contribution in [0.4, 0.5) is 4.79 Å². The number of alkyl carbamates (subject to hydrolysis) is 1. The molecule has 0 radical (unpaired) electrons. The number of ether oxygens (including phenoxy) is 1. The fourth-order valence-corrected chi connectivity index (χ4v) is 3.11. The summed E-state index contributed by atoms with van der Waals surface area (Å²) in [6, 6.07) is 9.19. The Bertz CT molecular complexity index is 749. The van der Waals surface area contributed by atoms with Crippen molar-refractivity contribution in [3.05, 3.63) is 51.5 Å². The number of aromatic nitrogens is 1. The number of amides is 1. The second-order valence-corrected chi connectivity index (χ2v) is 6.59. The molecule has 0 saturated carbocycles. The number of hydrogen-bond acceptors (Lipinski definition) is 7. The molecule has 1 aromatic carbocycles. The van der Waals surface area contributed by atoms with Crippen LogP contribution in [0.2, 0.25) is 0 Å². The average molecular weight is 380 g/mol. The van der Waals surface area contributed by atoms with Crippen molar-refractivity contribution < 1.29 is 29.6 Å². The molecule has 0 spiro atoms. The number of hydrogen-bond donors (Lipinski definition) is 4. The van der Waals surface area contributed by atoms with E-state index in [9.17, 15) is 19.8 Å². The molecule has 2 aromatic rings. The topological polar surface area (TPSA) is 129 Å². The maximum absolute atomic E-state index is 11.6. The maximum atomic E-state index is 11.6. The molecule has 1 amide bonds. The van der Waals surface area contributed by atoms with E-state index in [0.717, 1.165) is 16.9 Å². The minimum Gasteiger partial charge on any atom is -0.477 e. The molecule has 4 N–H and O–H groups in total. The van der Waals surface area contributed by atoms with Crippen molar-refractivity contribution >= 4 is 23.4 Å². The van der Waals surface area contributed by atoms with Gasteiger partial charge in [-0.25, -0.2) is 14.6 Å². The van der Waals surface area contributed by atoms with Gasteiger partial charge < -0.3 is 25.4 Å². The molecule has 2 atom stereocenters.